The van der Waals surface area contributed by atoms with Crippen LogP contribution in [0.1, 0.15) is 23.7 Å². The predicted octanol–water partition coefficient (Wildman–Crippen LogP) is 1.53. The highest BCUT2D eigenvalue weighted by atomic mass is 16.2. The molecule has 0 aromatic heterocycles. The summed E-state index contributed by atoms with van der Waals surface area (Å²) in [4.78, 5) is 41.6. The summed E-state index contributed by atoms with van der Waals surface area (Å²) in [6.45, 7) is 7.18. The SMILES string of the molecule is C=CC(=O)N(C)c1ccc(C(=O)N2CCN3C(=O)C(C)CC3C2)cc1. The van der Waals surface area contributed by atoms with Gasteiger partial charge in [0, 0.05) is 43.9 Å². The Labute approximate surface area is 147 Å². The van der Waals surface area contributed by atoms with E-state index in [4.69, 9.17) is 0 Å². The van der Waals surface area contributed by atoms with Crippen LogP contribution in [0.4, 0.5) is 5.69 Å². The minimum absolute atomic E-state index is 0.0316. The van der Waals surface area contributed by atoms with Crippen molar-refractivity contribution in [3.8, 4) is 0 Å². The first kappa shape index (κ1) is 17.2. The molecule has 2 aliphatic rings. The van der Waals surface area contributed by atoms with Crippen molar-refractivity contribution in [1.82, 2.24) is 9.80 Å². The normalized spacial score (nSPS) is 22.6. The van der Waals surface area contributed by atoms with Crippen molar-refractivity contribution in [2.24, 2.45) is 5.92 Å². The zero-order chi connectivity index (χ0) is 18.1. The predicted molar refractivity (Wildman–Crippen MR) is 95.2 cm³/mol. The van der Waals surface area contributed by atoms with Gasteiger partial charge in [-0.1, -0.05) is 13.5 Å². The highest BCUT2D eigenvalue weighted by Crippen LogP contribution is 2.28. The third-order valence-corrected chi connectivity index (χ3v) is 5.11. The van der Waals surface area contributed by atoms with Crippen molar-refractivity contribution in [3.63, 3.8) is 0 Å². The molecule has 0 radical (unpaired) electrons. The van der Waals surface area contributed by atoms with Crippen LogP contribution >= 0.6 is 0 Å². The fourth-order valence-electron chi connectivity index (χ4n) is 3.60. The zero-order valence-corrected chi connectivity index (χ0v) is 14.6. The monoisotopic (exact) mass is 341 g/mol. The Kier molecular flexibility index (Phi) is 4.61. The van der Waals surface area contributed by atoms with Crippen LogP contribution in [-0.2, 0) is 9.59 Å². The maximum atomic E-state index is 12.7. The lowest BCUT2D eigenvalue weighted by Gasteiger charge is -2.37. The van der Waals surface area contributed by atoms with Crippen molar-refractivity contribution in [1.29, 1.82) is 0 Å². The molecular formula is C19H23N3O3. The first-order valence-corrected chi connectivity index (χ1v) is 8.52. The molecule has 0 aliphatic carbocycles. The molecular weight excluding hydrogens is 318 g/mol. The number of amides is 3. The molecule has 1 aromatic carbocycles. The molecule has 2 aliphatic heterocycles. The number of carbonyl (C=O) groups excluding carboxylic acids is 3. The second-order valence-electron chi connectivity index (χ2n) is 6.72. The Morgan fingerprint density at radius 2 is 1.92 bits per heavy atom. The molecule has 0 saturated carbocycles. The molecule has 0 bridgehead atoms. The molecule has 2 unspecified atom stereocenters. The highest BCUT2D eigenvalue weighted by Gasteiger charge is 2.41. The second kappa shape index (κ2) is 6.70. The zero-order valence-electron chi connectivity index (χ0n) is 14.6. The second-order valence-corrected chi connectivity index (χ2v) is 6.72. The molecule has 2 heterocycles. The van der Waals surface area contributed by atoms with Crippen LogP contribution in [0.5, 0.6) is 0 Å². The molecule has 3 amide bonds. The van der Waals surface area contributed by atoms with Gasteiger partial charge < -0.3 is 14.7 Å². The Hall–Kier alpha value is -2.63. The molecule has 25 heavy (non-hydrogen) atoms. The van der Waals surface area contributed by atoms with Gasteiger partial charge in [0.1, 0.15) is 0 Å². The molecule has 132 valence electrons. The number of anilines is 1. The van der Waals surface area contributed by atoms with Gasteiger partial charge in [-0.3, -0.25) is 14.4 Å². The minimum atomic E-state index is -0.199. The van der Waals surface area contributed by atoms with Gasteiger partial charge in [0.15, 0.2) is 0 Å². The van der Waals surface area contributed by atoms with Gasteiger partial charge in [0.05, 0.1) is 6.04 Å². The summed E-state index contributed by atoms with van der Waals surface area (Å²) >= 11 is 0. The van der Waals surface area contributed by atoms with Crippen LogP contribution in [0.25, 0.3) is 0 Å². The minimum Gasteiger partial charge on any atom is -0.336 e. The lowest BCUT2D eigenvalue weighted by atomic mass is 10.1. The van der Waals surface area contributed by atoms with E-state index in [9.17, 15) is 14.4 Å². The topological polar surface area (TPSA) is 60.9 Å². The number of carbonyl (C=O) groups is 3. The molecule has 0 N–H and O–H groups in total. The first-order chi connectivity index (χ1) is 11.9. The van der Waals surface area contributed by atoms with Gasteiger partial charge in [0.25, 0.3) is 5.91 Å². The number of piperazine rings is 1. The van der Waals surface area contributed by atoms with E-state index >= 15 is 0 Å². The third-order valence-electron chi connectivity index (χ3n) is 5.11. The molecule has 3 rings (SSSR count). The summed E-state index contributed by atoms with van der Waals surface area (Å²) < 4.78 is 0. The van der Waals surface area contributed by atoms with Gasteiger partial charge in [-0.15, -0.1) is 0 Å². The summed E-state index contributed by atoms with van der Waals surface area (Å²) in [6, 6.07) is 7.12. The van der Waals surface area contributed by atoms with Crippen molar-refractivity contribution in [3.05, 3.63) is 42.5 Å². The Morgan fingerprint density at radius 3 is 2.56 bits per heavy atom. The standard InChI is InChI=1S/C19H23N3O3/c1-4-17(23)20(3)15-7-5-14(6-8-15)19(25)21-9-10-22-16(12-21)11-13(2)18(22)24/h4-8,13,16H,1,9-12H2,2-3H3. The van der Waals surface area contributed by atoms with Crippen LogP contribution in [0.2, 0.25) is 0 Å². The lowest BCUT2D eigenvalue weighted by Crippen LogP contribution is -2.53. The summed E-state index contributed by atoms with van der Waals surface area (Å²) in [7, 11) is 1.67. The van der Waals surface area contributed by atoms with E-state index in [0.717, 1.165) is 6.42 Å². The van der Waals surface area contributed by atoms with Crippen molar-refractivity contribution in [2.75, 3.05) is 31.6 Å². The number of rotatable bonds is 3. The van der Waals surface area contributed by atoms with Crippen LogP contribution in [0, 0.1) is 5.92 Å². The van der Waals surface area contributed by atoms with E-state index in [2.05, 4.69) is 6.58 Å². The number of benzene rings is 1. The van der Waals surface area contributed by atoms with Crippen molar-refractivity contribution >= 4 is 23.4 Å². The average molecular weight is 341 g/mol. The molecule has 2 fully saturated rings. The van der Waals surface area contributed by atoms with Gasteiger partial charge in [-0.05, 0) is 36.8 Å². The van der Waals surface area contributed by atoms with Gasteiger partial charge >= 0.3 is 0 Å². The summed E-state index contributed by atoms with van der Waals surface area (Å²) in [6.07, 6.45) is 2.07. The number of fused-ring (bicyclic) bond motifs is 1. The number of hydrogen-bond acceptors (Lipinski definition) is 3. The molecule has 1 aromatic rings. The van der Waals surface area contributed by atoms with E-state index in [1.54, 1.807) is 31.3 Å². The fraction of sp³-hybridized carbons (Fsp3) is 0.421. The summed E-state index contributed by atoms with van der Waals surface area (Å²) in [5, 5.41) is 0. The number of nitrogens with zero attached hydrogens (tertiary/aromatic N) is 3. The van der Waals surface area contributed by atoms with Crippen LogP contribution < -0.4 is 4.90 Å². The van der Waals surface area contributed by atoms with Gasteiger partial charge in [-0.25, -0.2) is 0 Å². The first-order valence-electron chi connectivity index (χ1n) is 8.52. The van der Waals surface area contributed by atoms with E-state index in [0.29, 0.717) is 30.9 Å². The van der Waals surface area contributed by atoms with Crippen LogP contribution in [0.3, 0.4) is 0 Å². The molecule has 0 spiro atoms. The molecule has 6 nitrogen and oxygen atoms in total. The van der Waals surface area contributed by atoms with Crippen LogP contribution in [-0.4, -0.2) is 60.2 Å². The van der Waals surface area contributed by atoms with Crippen molar-refractivity contribution < 1.29 is 14.4 Å². The lowest BCUT2D eigenvalue weighted by molar-refractivity contribution is -0.132. The van der Waals surface area contributed by atoms with Gasteiger partial charge in [-0.2, -0.15) is 0 Å². The maximum Gasteiger partial charge on any atom is 0.253 e. The van der Waals surface area contributed by atoms with E-state index in [-0.39, 0.29) is 29.7 Å². The van der Waals surface area contributed by atoms with E-state index in [1.807, 2.05) is 16.7 Å². The maximum absolute atomic E-state index is 12.7. The molecule has 6 heteroatoms. The number of likely N-dealkylation sites (N-methyl/N-ethyl adjacent to an activating group) is 1. The Bertz CT molecular complexity index is 713. The Morgan fingerprint density at radius 1 is 1.24 bits per heavy atom. The molecule has 2 saturated heterocycles. The van der Waals surface area contributed by atoms with E-state index in [1.165, 1.54) is 11.0 Å². The number of hydrogen-bond donors (Lipinski definition) is 0. The highest BCUT2D eigenvalue weighted by molar-refractivity contribution is 6.01. The fourth-order valence-corrected chi connectivity index (χ4v) is 3.60. The summed E-state index contributed by atoms with van der Waals surface area (Å²) in [5.74, 6) is 0.0276. The molecule has 2 atom stereocenters. The quantitative estimate of drug-likeness (QED) is 0.784. The van der Waals surface area contributed by atoms with Crippen molar-refractivity contribution in [2.45, 2.75) is 19.4 Å². The Balaban J connectivity index is 1.68. The van der Waals surface area contributed by atoms with Gasteiger partial charge in [0.2, 0.25) is 11.8 Å². The smallest absolute Gasteiger partial charge is 0.253 e. The average Bonchev–Trinajstić information content (AvgIpc) is 2.93. The largest absolute Gasteiger partial charge is 0.336 e. The third kappa shape index (κ3) is 3.16. The summed E-state index contributed by atoms with van der Waals surface area (Å²) in [5.41, 5.74) is 1.30. The van der Waals surface area contributed by atoms with Crippen LogP contribution in [0.15, 0.2) is 36.9 Å². The van der Waals surface area contributed by atoms with E-state index < -0.39 is 0 Å².